The number of rotatable bonds is 7. The molecule has 0 aliphatic carbocycles. The minimum atomic E-state index is -0.320. The standard InChI is InChI=1S/C23H26NO3P/c1-3-28(4-2)20-9-5-16(6-10-20)11-12-24-23(27)21-14-18-13-19(25)8-7-17(18)15-22(21)26/h5-10,13-15,25-26H,3-4,11-12H2,1-2H3,(H,24,27). The van der Waals surface area contributed by atoms with Gasteiger partial charge < -0.3 is 15.5 Å². The topological polar surface area (TPSA) is 69.6 Å². The Morgan fingerprint density at radius 3 is 2.32 bits per heavy atom. The van der Waals surface area contributed by atoms with Gasteiger partial charge in [-0.3, -0.25) is 4.79 Å². The van der Waals surface area contributed by atoms with Crippen molar-refractivity contribution in [2.24, 2.45) is 0 Å². The Morgan fingerprint density at radius 1 is 0.929 bits per heavy atom. The smallest absolute Gasteiger partial charge is 0.255 e. The van der Waals surface area contributed by atoms with Gasteiger partial charge in [0.05, 0.1) is 5.56 Å². The van der Waals surface area contributed by atoms with Crippen LogP contribution in [0.3, 0.4) is 0 Å². The van der Waals surface area contributed by atoms with Gasteiger partial charge in [0.15, 0.2) is 0 Å². The molecule has 4 nitrogen and oxygen atoms in total. The molecule has 1 amide bonds. The number of hydrogen-bond acceptors (Lipinski definition) is 3. The molecule has 0 unspecified atom stereocenters. The second kappa shape index (κ2) is 9.07. The van der Waals surface area contributed by atoms with Crippen LogP contribution in [-0.2, 0) is 6.42 Å². The van der Waals surface area contributed by atoms with Gasteiger partial charge in [0.2, 0.25) is 0 Å². The van der Waals surface area contributed by atoms with Gasteiger partial charge >= 0.3 is 0 Å². The summed E-state index contributed by atoms with van der Waals surface area (Å²) >= 11 is 0. The molecule has 0 spiro atoms. The molecule has 0 aliphatic heterocycles. The van der Waals surface area contributed by atoms with Crippen LogP contribution < -0.4 is 10.6 Å². The van der Waals surface area contributed by atoms with Gasteiger partial charge in [-0.15, -0.1) is 0 Å². The zero-order chi connectivity index (χ0) is 20.1. The summed E-state index contributed by atoms with van der Waals surface area (Å²) in [7, 11) is -0.0534. The van der Waals surface area contributed by atoms with Gasteiger partial charge in [-0.1, -0.05) is 52.1 Å². The predicted molar refractivity (Wildman–Crippen MR) is 117 cm³/mol. The number of hydrogen-bond donors (Lipinski definition) is 3. The van der Waals surface area contributed by atoms with Crippen LogP contribution in [0.2, 0.25) is 0 Å². The summed E-state index contributed by atoms with van der Waals surface area (Å²) < 4.78 is 0. The SMILES string of the molecule is CCP(CC)c1ccc(CCNC(=O)c2cc3cc(O)ccc3cc2O)cc1. The summed E-state index contributed by atoms with van der Waals surface area (Å²) in [5.74, 6) is -0.254. The van der Waals surface area contributed by atoms with Crippen LogP contribution in [0.15, 0.2) is 54.6 Å². The highest BCUT2D eigenvalue weighted by atomic mass is 31.1. The molecule has 3 N–H and O–H groups in total. The first-order valence-electron chi connectivity index (χ1n) is 9.59. The predicted octanol–water partition coefficient (Wildman–Crippen LogP) is 4.37. The number of aromatic hydroxyl groups is 2. The maximum absolute atomic E-state index is 12.5. The van der Waals surface area contributed by atoms with Crippen molar-refractivity contribution in [3.05, 3.63) is 65.7 Å². The lowest BCUT2D eigenvalue weighted by molar-refractivity contribution is 0.0951. The number of carbonyl (C=O) groups is 1. The van der Waals surface area contributed by atoms with Crippen molar-refractivity contribution in [1.82, 2.24) is 5.32 Å². The van der Waals surface area contributed by atoms with Crippen molar-refractivity contribution in [3.8, 4) is 11.5 Å². The van der Waals surface area contributed by atoms with Gasteiger partial charge in [0.1, 0.15) is 11.5 Å². The zero-order valence-electron chi connectivity index (χ0n) is 16.3. The van der Waals surface area contributed by atoms with E-state index in [4.69, 9.17) is 0 Å². The molecule has 0 aliphatic rings. The monoisotopic (exact) mass is 395 g/mol. The minimum Gasteiger partial charge on any atom is -0.508 e. The molecule has 0 bridgehead atoms. The van der Waals surface area contributed by atoms with E-state index in [1.54, 1.807) is 30.3 Å². The van der Waals surface area contributed by atoms with E-state index in [0.717, 1.165) is 11.8 Å². The van der Waals surface area contributed by atoms with E-state index in [1.807, 2.05) is 0 Å². The quantitative estimate of drug-likeness (QED) is 0.520. The molecule has 0 fully saturated rings. The number of carbonyl (C=O) groups excluding carboxylic acids is 1. The van der Waals surface area contributed by atoms with E-state index in [9.17, 15) is 15.0 Å². The number of amides is 1. The molecule has 0 radical (unpaired) electrons. The van der Waals surface area contributed by atoms with Gasteiger partial charge in [0.25, 0.3) is 5.91 Å². The first kappa shape index (κ1) is 20.2. The number of fused-ring (bicyclic) bond motifs is 1. The fourth-order valence-electron chi connectivity index (χ4n) is 3.33. The van der Waals surface area contributed by atoms with E-state index in [0.29, 0.717) is 11.9 Å². The third-order valence-corrected chi connectivity index (χ3v) is 7.50. The first-order chi connectivity index (χ1) is 13.5. The van der Waals surface area contributed by atoms with Crippen LogP contribution in [0.4, 0.5) is 0 Å². The molecule has 0 saturated carbocycles. The highest BCUT2D eigenvalue weighted by Gasteiger charge is 2.13. The van der Waals surface area contributed by atoms with Gasteiger partial charge in [-0.25, -0.2) is 0 Å². The highest BCUT2D eigenvalue weighted by Crippen LogP contribution is 2.32. The molecular formula is C23H26NO3P. The summed E-state index contributed by atoms with van der Waals surface area (Å²) in [6.07, 6.45) is 3.14. The van der Waals surface area contributed by atoms with Gasteiger partial charge in [-0.2, -0.15) is 0 Å². The van der Waals surface area contributed by atoms with Gasteiger partial charge in [-0.05, 0) is 64.7 Å². The lowest BCUT2D eigenvalue weighted by Crippen LogP contribution is -2.25. The van der Waals surface area contributed by atoms with Crippen LogP contribution >= 0.6 is 7.92 Å². The third kappa shape index (κ3) is 4.63. The Bertz CT molecular complexity index is 965. The molecule has 3 rings (SSSR count). The largest absolute Gasteiger partial charge is 0.508 e. The molecule has 28 heavy (non-hydrogen) atoms. The van der Waals surface area contributed by atoms with Crippen molar-refractivity contribution in [3.63, 3.8) is 0 Å². The fourth-order valence-corrected chi connectivity index (χ4v) is 5.08. The minimum absolute atomic E-state index is 0.0534. The third-order valence-electron chi connectivity index (χ3n) is 4.95. The average molecular weight is 395 g/mol. The van der Waals surface area contributed by atoms with Crippen molar-refractivity contribution in [2.45, 2.75) is 20.3 Å². The van der Waals surface area contributed by atoms with Crippen LogP contribution in [0.1, 0.15) is 29.8 Å². The Morgan fingerprint density at radius 2 is 1.64 bits per heavy atom. The van der Waals surface area contributed by atoms with Gasteiger partial charge in [0, 0.05) is 6.54 Å². The Labute approximate surface area is 167 Å². The van der Waals surface area contributed by atoms with Crippen LogP contribution in [0.5, 0.6) is 11.5 Å². The van der Waals surface area contributed by atoms with E-state index < -0.39 is 0 Å². The Hall–Kier alpha value is -2.58. The maximum Gasteiger partial charge on any atom is 0.255 e. The summed E-state index contributed by atoms with van der Waals surface area (Å²) in [5.41, 5.74) is 1.39. The lowest BCUT2D eigenvalue weighted by Gasteiger charge is -2.14. The second-order valence-electron chi connectivity index (χ2n) is 6.75. The molecule has 0 aromatic heterocycles. The summed E-state index contributed by atoms with van der Waals surface area (Å²) in [6, 6.07) is 16.7. The van der Waals surface area contributed by atoms with E-state index >= 15 is 0 Å². The Kier molecular flexibility index (Phi) is 6.53. The van der Waals surface area contributed by atoms with Crippen molar-refractivity contribution in [2.75, 3.05) is 18.9 Å². The number of nitrogens with one attached hydrogen (secondary N) is 1. The Balaban J connectivity index is 1.63. The molecule has 5 heteroatoms. The highest BCUT2D eigenvalue weighted by molar-refractivity contribution is 7.65. The molecule has 0 atom stereocenters. The number of phenols is 2. The summed E-state index contributed by atoms with van der Waals surface area (Å²) in [5, 5.41) is 25.6. The maximum atomic E-state index is 12.5. The summed E-state index contributed by atoms with van der Waals surface area (Å²) in [6.45, 7) is 4.97. The van der Waals surface area contributed by atoms with E-state index in [2.05, 4.69) is 43.4 Å². The summed E-state index contributed by atoms with van der Waals surface area (Å²) in [4.78, 5) is 12.5. The van der Waals surface area contributed by atoms with E-state index in [-0.39, 0.29) is 30.9 Å². The normalized spacial score (nSPS) is 11.1. The van der Waals surface area contributed by atoms with Crippen molar-refractivity contribution >= 4 is 29.9 Å². The zero-order valence-corrected chi connectivity index (χ0v) is 17.2. The van der Waals surface area contributed by atoms with Crippen LogP contribution in [0.25, 0.3) is 10.8 Å². The van der Waals surface area contributed by atoms with Crippen molar-refractivity contribution < 1.29 is 15.0 Å². The van der Waals surface area contributed by atoms with Crippen molar-refractivity contribution in [1.29, 1.82) is 0 Å². The number of phenolic OH excluding ortho intramolecular Hbond substituents is 2. The molecule has 0 saturated heterocycles. The first-order valence-corrected chi connectivity index (χ1v) is 11.3. The molecule has 3 aromatic carbocycles. The molecule has 0 heterocycles. The lowest BCUT2D eigenvalue weighted by atomic mass is 10.0. The fraction of sp³-hybridized carbons (Fsp3) is 0.261. The molecule has 146 valence electrons. The molecular weight excluding hydrogens is 369 g/mol. The van der Waals surface area contributed by atoms with Crippen LogP contribution in [-0.4, -0.2) is 35.0 Å². The van der Waals surface area contributed by atoms with Crippen LogP contribution in [0, 0.1) is 0 Å². The second-order valence-corrected chi connectivity index (χ2v) is 9.61. The van der Waals surface area contributed by atoms with E-state index in [1.165, 1.54) is 23.2 Å². The average Bonchev–Trinajstić information content (AvgIpc) is 2.69. The number of benzene rings is 3. The molecule has 3 aromatic rings.